The largest absolute Gasteiger partial charge is 0.206 e. The topological polar surface area (TPSA) is 0 Å². The second-order valence-corrected chi connectivity index (χ2v) is 9.23. The third-order valence-electron chi connectivity index (χ3n) is 6.75. The molecule has 0 heterocycles. The monoisotopic (exact) mass is 426 g/mol. The van der Waals surface area contributed by atoms with E-state index in [-0.39, 0.29) is 10.8 Å². The summed E-state index contributed by atoms with van der Waals surface area (Å²) in [5.41, 5.74) is 2.16. The summed E-state index contributed by atoms with van der Waals surface area (Å²) in [5.74, 6) is 0.925. The van der Waals surface area contributed by atoms with Gasteiger partial charge in [0.2, 0.25) is 0 Å². The summed E-state index contributed by atoms with van der Waals surface area (Å²) in [5, 5.41) is 1.52. The van der Waals surface area contributed by atoms with Crippen LogP contribution < -0.4 is 0 Å². The molecule has 1 aliphatic carbocycles. The number of hydrogen-bond acceptors (Lipinski definition) is 0. The molecule has 0 amide bonds. The molecule has 30 heavy (non-hydrogen) atoms. The van der Waals surface area contributed by atoms with Crippen molar-refractivity contribution >= 4 is 22.4 Å². The minimum Gasteiger partial charge on any atom is -0.206 e. The van der Waals surface area contributed by atoms with Gasteiger partial charge in [-0.1, -0.05) is 93.4 Å². The van der Waals surface area contributed by atoms with Crippen molar-refractivity contribution < 1.29 is 8.78 Å². The zero-order chi connectivity index (χ0) is 21.1. The Morgan fingerprint density at radius 1 is 0.867 bits per heavy atom. The molecule has 0 radical (unpaired) electrons. The Morgan fingerprint density at radius 3 is 2.30 bits per heavy atom. The molecule has 158 valence electrons. The molecule has 0 saturated heterocycles. The highest BCUT2D eigenvalue weighted by Crippen LogP contribution is 2.35. The lowest BCUT2D eigenvalue weighted by Crippen LogP contribution is -2.15. The molecule has 0 spiro atoms. The molecule has 0 aromatic heterocycles. The van der Waals surface area contributed by atoms with Crippen molar-refractivity contribution in [2.45, 2.75) is 58.3 Å². The molecule has 0 unspecified atom stereocenters. The third kappa shape index (κ3) is 4.70. The molecule has 1 aliphatic rings. The number of rotatable bonds is 6. The molecule has 0 aliphatic heterocycles. The highest BCUT2D eigenvalue weighted by molar-refractivity contribution is 6.30. The molecule has 0 bridgehead atoms. The van der Waals surface area contributed by atoms with Gasteiger partial charge in [-0.05, 0) is 53.3 Å². The third-order valence-corrected chi connectivity index (χ3v) is 7.06. The fraction of sp³-hybridized carbons (Fsp3) is 0.407. The lowest BCUT2D eigenvalue weighted by molar-refractivity contribution is 0.252. The average Bonchev–Trinajstić information content (AvgIpc) is 2.76. The van der Waals surface area contributed by atoms with Crippen molar-refractivity contribution in [2.75, 3.05) is 0 Å². The van der Waals surface area contributed by atoms with Gasteiger partial charge in [0.05, 0.1) is 5.02 Å². The molecule has 1 saturated carbocycles. The van der Waals surface area contributed by atoms with Gasteiger partial charge in [0.25, 0.3) is 0 Å². The number of aryl methyl sites for hydroxylation is 1. The Morgan fingerprint density at radius 2 is 1.60 bits per heavy atom. The van der Waals surface area contributed by atoms with Gasteiger partial charge in [-0.15, -0.1) is 0 Å². The zero-order valence-electron chi connectivity index (χ0n) is 17.6. The molecular weight excluding hydrogens is 398 g/mol. The summed E-state index contributed by atoms with van der Waals surface area (Å²) in [7, 11) is 0. The van der Waals surface area contributed by atoms with Crippen LogP contribution in [0.5, 0.6) is 0 Å². The SMILES string of the molecule is CCC[C@H]1CC[C@H](CCc2ccc3c(F)c(-c4ccc(Cl)c(F)c4)ccc3c2)CC1. The molecular formula is C27H29ClF2. The summed E-state index contributed by atoms with van der Waals surface area (Å²) in [6, 6.07) is 14.1. The molecule has 0 N–H and O–H groups in total. The van der Waals surface area contributed by atoms with Gasteiger partial charge in [0.15, 0.2) is 0 Å². The molecule has 0 nitrogen and oxygen atoms in total. The van der Waals surface area contributed by atoms with Crippen LogP contribution in [0.4, 0.5) is 8.78 Å². The van der Waals surface area contributed by atoms with Gasteiger partial charge >= 0.3 is 0 Å². The highest BCUT2D eigenvalue weighted by atomic mass is 35.5. The lowest BCUT2D eigenvalue weighted by Gasteiger charge is -2.28. The maximum Gasteiger partial charge on any atom is 0.142 e. The van der Waals surface area contributed by atoms with Gasteiger partial charge in [-0.2, -0.15) is 0 Å². The van der Waals surface area contributed by atoms with E-state index in [2.05, 4.69) is 13.0 Å². The van der Waals surface area contributed by atoms with Crippen molar-refractivity contribution in [2.24, 2.45) is 11.8 Å². The van der Waals surface area contributed by atoms with Crippen molar-refractivity contribution in [3.05, 3.63) is 70.8 Å². The van der Waals surface area contributed by atoms with E-state index in [1.165, 1.54) is 62.6 Å². The Hall–Kier alpha value is -1.93. The van der Waals surface area contributed by atoms with Gasteiger partial charge in [0.1, 0.15) is 11.6 Å². The van der Waals surface area contributed by atoms with E-state index < -0.39 is 5.82 Å². The Kier molecular flexibility index (Phi) is 6.73. The van der Waals surface area contributed by atoms with Gasteiger partial charge < -0.3 is 0 Å². The quantitative estimate of drug-likeness (QED) is 0.369. The first-order chi connectivity index (χ1) is 14.5. The number of fused-ring (bicyclic) bond motifs is 1. The van der Waals surface area contributed by atoms with Crippen LogP contribution in [0.2, 0.25) is 5.02 Å². The van der Waals surface area contributed by atoms with Crippen molar-refractivity contribution in [3.63, 3.8) is 0 Å². The van der Waals surface area contributed by atoms with E-state index in [0.717, 1.165) is 23.6 Å². The van der Waals surface area contributed by atoms with E-state index in [1.54, 1.807) is 12.1 Å². The zero-order valence-corrected chi connectivity index (χ0v) is 18.3. The second-order valence-electron chi connectivity index (χ2n) is 8.83. The highest BCUT2D eigenvalue weighted by Gasteiger charge is 2.20. The van der Waals surface area contributed by atoms with Crippen molar-refractivity contribution in [1.29, 1.82) is 0 Å². The minimum atomic E-state index is -0.535. The molecule has 3 heteroatoms. The number of hydrogen-bond donors (Lipinski definition) is 0. The van der Waals surface area contributed by atoms with Crippen LogP contribution in [-0.4, -0.2) is 0 Å². The fourth-order valence-electron chi connectivity index (χ4n) is 4.97. The summed E-state index contributed by atoms with van der Waals surface area (Å²) in [6.45, 7) is 2.28. The first-order valence-electron chi connectivity index (χ1n) is 11.2. The summed E-state index contributed by atoms with van der Waals surface area (Å²) < 4.78 is 28.9. The average molecular weight is 427 g/mol. The smallest absolute Gasteiger partial charge is 0.142 e. The molecule has 3 aromatic rings. The maximum absolute atomic E-state index is 15.1. The molecule has 4 rings (SSSR count). The fourth-order valence-corrected chi connectivity index (χ4v) is 5.09. The Labute approximate surface area is 183 Å². The van der Waals surface area contributed by atoms with Crippen molar-refractivity contribution in [3.8, 4) is 11.1 Å². The van der Waals surface area contributed by atoms with Crippen LogP contribution in [0.3, 0.4) is 0 Å². The lowest BCUT2D eigenvalue weighted by atomic mass is 9.78. The van der Waals surface area contributed by atoms with Crippen LogP contribution >= 0.6 is 11.6 Å². The van der Waals surface area contributed by atoms with E-state index >= 15 is 4.39 Å². The number of halogens is 3. The summed E-state index contributed by atoms with van der Waals surface area (Å²) in [6.07, 6.45) is 10.4. The minimum absolute atomic E-state index is 0.0449. The predicted molar refractivity (Wildman–Crippen MR) is 123 cm³/mol. The van der Waals surface area contributed by atoms with Crippen molar-refractivity contribution in [1.82, 2.24) is 0 Å². The predicted octanol–water partition coefficient (Wildman–Crippen LogP) is 8.98. The van der Waals surface area contributed by atoms with Gasteiger partial charge in [0, 0.05) is 10.9 Å². The van der Waals surface area contributed by atoms with Crippen LogP contribution in [-0.2, 0) is 6.42 Å². The van der Waals surface area contributed by atoms with E-state index in [0.29, 0.717) is 16.5 Å². The summed E-state index contributed by atoms with van der Waals surface area (Å²) >= 11 is 5.76. The summed E-state index contributed by atoms with van der Waals surface area (Å²) in [4.78, 5) is 0. The molecule has 3 aromatic carbocycles. The van der Waals surface area contributed by atoms with Gasteiger partial charge in [-0.3, -0.25) is 0 Å². The van der Waals surface area contributed by atoms with Gasteiger partial charge in [-0.25, -0.2) is 8.78 Å². The normalized spacial score (nSPS) is 19.3. The first kappa shape index (κ1) is 21.3. The first-order valence-corrected chi connectivity index (χ1v) is 11.6. The Balaban J connectivity index is 1.46. The van der Waals surface area contributed by atoms with Crippen LogP contribution in [0.15, 0.2) is 48.5 Å². The van der Waals surface area contributed by atoms with Crippen LogP contribution in [0.1, 0.15) is 57.4 Å². The van der Waals surface area contributed by atoms with Crippen LogP contribution in [0.25, 0.3) is 21.9 Å². The number of benzene rings is 3. The van der Waals surface area contributed by atoms with E-state index in [9.17, 15) is 4.39 Å². The molecule has 0 atom stereocenters. The molecule has 1 fully saturated rings. The van der Waals surface area contributed by atoms with E-state index in [1.807, 2.05) is 18.2 Å². The maximum atomic E-state index is 15.1. The standard InChI is InChI=1S/C27H29ClF2/c1-2-3-18-4-6-19(7-5-18)8-9-20-10-13-23-21(16-20)11-14-24(27(23)30)22-12-15-25(28)26(29)17-22/h10-19H,2-9H2,1H3/t18-,19-. The van der Waals surface area contributed by atoms with E-state index in [4.69, 9.17) is 11.6 Å². The van der Waals surface area contributed by atoms with Crippen LogP contribution in [0, 0.1) is 23.5 Å². The Bertz CT molecular complexity index is 1020. The second kappa shape index (κ2) is 9.47.